The number of aliphatic hydroxyl groups is 2. The summed E-state index contributed by atoms with van der Waals surface area (Å²) in [7, 11) is 1.51. The van der Waals surface area contributed by atoms with Gasteiger partial charge in [0, 0.05) is 80.9 Å². The number of unbranched alkanes of at least 4 members (excludes halogenated alkanes) is 3. The molecule has 0 bridgehead atoms. The van der Waals surface area contributed by atoms with Gasteiger partial charge in [-0.1, -0.05) is 42.5 Å². The number of thioether (sulfide) groups is 1. The van der Waals surface area contributed by atoms with Gasteiger partial charge in [-0.25, -0.2) is 19.7 Å². The van der Waals surface area contributed by atoms with E-state index in [1.54, 1.807) is 10.6 Å². The predicted molar refractivity (Wildman–Crippen MR) is 237 cm³/mol. The molecule has 6 amide bonds. The predicted octanol–water partition coefficient (Wildman–Crippen LogP) is 1.89. The van der Waals surface area contributed by atoms with Gasteiger partial charge in [0.2, 0.25) is 29.5 Å². The van der Waals surface area contributed by atoms with Crippen molar-refractivity contribution >= 4 is 70.0 Å². The molecule has 2 aliphatic heterocycles. The third-order valence-corrected chi connectivity index (χ3v) is 14.1. The maximum absolute atomic E-state index is 12.8. The van der Waals surface area contributed by atoms with Crippen LogP contribution in [0.25, 0.3) is 11.2 Å². The number of carbonyl (C=O) groups excluding carboxylic acids is 5. The molecule has 20 heteroatoms. The molecular formula is C43H56ClN11O7S. The van der Waals surface area contributed by atoms with Crippen molar-refractivity contribution in [1.29, 1.82) is 0 Å². The lowest BCUT2D eigenvalue weighted by molar-refractivity contribution is -0.132. The van der Waals surface area contributed by atoms with E-state index in [9.17, 15) is 34.2 Å². The molecule has 0 radical (unpaired) electrons. The largest absolute Gasteiger partial charge is 0.389 e. The molecule has 2 saturated heterocycles. The lowest BCUT2D eigenvalue weighted by Gasteiger charge is -2.23. The number of aliphatic hydroxyl groups excluding tert-OH is 2. The smallest absolute Gasteiger partial charge is 0.315 e. The first-order valence-corrected chi connectivity index (χ1v) is 23.2. The molecule has 0 unspecified atom stereocenters. The number of nitrogens with zero attached hydrogens (tertiary/aromatic N) is 4. The van der Waals surface area contributed by atoms with Crippen molar-refractivity contribution in [1.82, 2.24) is 51.4 Å². The van der Waals surface area contributed by atoms with Crippen molar-refractivity contribution in [3.05, 3.63) is 47.0 Å². The van der Waals surface area contributed by atoms with Crippen molar-refractivity contribution in [2.24, 2.45) is 11.3 Å². The standard InChI is InChI=1S/C43H56ClN11O7S/c1-45-41(61)43-21-27(43)36(37(59)38(43)60)55-24-50-35-39(49-22-25-10-9-11-26(44)20-25)52-30(53-40(35)55)13-5-7-16-33(58)48-19-18-47-32(57)14-3-2-8-17-46-31(56)15-6-4-12-29-34-28(23-63-29)51-42(62)54-34/h9-11,20,24,27-29,34,36-38,59-60H,2-4,6-8,12,14-19,21-23H2,1H3,(H,45,61)(H,46,56)(H,47,57)(H,48,58)(H,49,52,53)(H2,51,54,62)/t27-,28-,29-,34-,36-,37+,38+,43-/m1/s1. The number of rotatable bonds is 21. The van der Waals surface area contributed by atoms with E-state index < -0.39 is 23.7 Å². The van der Waals surface area contributed by atoms with Crippen LogP contribution in [0.15, 0.2) is 30.6 Å². The van der Waals surface area contributed by atoms with Crippen LogP contribution in [-0.4, -0.2) is 121 Å². The van der Waals surface area contributed by atoms with E-state index in [-0.39, 0.29) is 72.9 Å². The van der Waals surface area contributed by atoms with E-state index in [0.29, 0.717) is 72.6 Å². The monoisotopic (exact) mass is 905 g/mol. The summed E-state index contributed by atoms with van der Waals surface area (Å²) in [5.41, 5.74) is 0.620. The Morgan fingerprint density at radius 1 is 0.968 bits per heavy atom. The second-order valence-electron chi connectivity index (χ2n) is 16.6. The summed E-state index contributed by atoms with van der Waals surface area (Å²) in [6.07, 6.45) is 5.69. The minimum Gasteiger partial charge on any atom is -0.389 e. The van der Waals surface area contributed by atoms with Crippen molar-refractivity contribution in [3.63, 3.8) is 0 Å². The molecule has 4 aliphatic rings. The molecule has 4 fully saturated rings. The van der Waals surface area contributed by atoms with Crippen LogP contribution in [0.4, 0.5) is 10.6 Å². The molecule has 8 atom stereocenters. The zero-order valence-electron chi connectivity index (χ0n) is 35.3. The van der Waals surface area contributed by atoms with Gasteiger partial charge in [0.05, 0.1) is 36.0 Å². The molecule has 7 rings (SSSR count). The fourth-order valence-electron chi connectivity index (χ4n) is 9.01. The number of fused-ring (bicyclic) bond motifs is 3. The summed E-state index contributed by atoms with van der Waals surface area (Å²) in [6, 6.07) is 7.04. The maximum Gasteiger partial charge on any atom is 0.315 e. The number of imidazole rings is 1. The Bertz CT molecular complexity index is 2230. The molecule has 63 heavy (non-hydrogen) atoms. The third-order valence-electron chi connectivity index (χ3n) is 12.3. The highest BCUT2D eigenvalue weighted by Crippen LogP contribution is 2.67. The number of aromatic nitrogens is 4. The van der Waals surface area contributed by atoms with Crippen LogP contribution >= 0.6 is 23.4 Å². The van der Waals surface area contributed by atoms with Gasteiger partial charge < -0.3 is 52.0 Å². The second kappa shape index (κ2) is 21.0. The molecule has 4 heterocycles. The van der Waals surface area contributed by atoms with Gasteiger partial charge >= 0.3 is 6.03 Å². The van der Waals surface area contributed by atoms with E-state index in [1.807, 2.05) is 30.0 Å². The first-order chi connectivity index (χ1) is 30.5. The Balaban J connectivity index is 0.797. The van der Waals surface area contributed by atoms with Gasteiger partial charge in [-0.2, -0.15) is 11.8 Å². The Morgan fingerprint density at radius 2 is 1.71 bits per heavy atom. The van der Waals surface area contributed by atoms with E-state index in [0.717, 1.165) is 43.4 Å². The van der Waals surface area contributed by atoms with Crippen LogP contribution in [0.3, 0.4) is 0 Å². The van der Waals surface area contributed by atoms with Crippen LogP contribution in [-0.2, 0) is 25.7 Å². The topological polar surface area (TPSA) is 254 Å². The number of anilines is 1. The average molecular weight is 907 g/mol. The number of amides is 6. The van der Waals surface area contributed by atoms with Gasteiger partial charge in [-0.05, 0) is 55.7 Å². The summed E-state index contributed by atoms with van der Waals surface area (Å²) >= 11 is 8.08. The molecule has 9 N–H and O–H groups in total. The lowest BCUT2D eigenvalue weighted by Crippen LogP contribution is -2.41. The normalized spacial score (nSPS) is 25.2. The molecule has 18 nitrogen and oxygen atoms in total. The summed E-state index contributed by atoms with van der Waals surface area (Å²) in [5.74, 6) is 6.48. The van der Waals surface area contributed by atoms with Crippen molar-refractivity contribution in [2.45, 2.75) is 113 Å². The summed E-state index contributed by atoms with van der Waals surface area (Å²) in [6.45, 7) is 1.51. The second-order valence-corrected chi connectivity index (χ2v) is 18.3. The number of hydrogen-bond acceptors (Lipinski definition) is 12. The minimum atomic E-state index is -1.25. The van der Waals surface area contributed by atoms with Gasteiger partial charge in [-0.3, -0.25) is 19.2 Å². The minimum absolute atomic E-state index is 0.0397. The highest BCUT2D eigenvalue weighted by Gasteiger charge is 2.75. The highest BCUT2D eigenvalue weighted by molar-refractivity contribution is 8.00. The van der Waals surface area contributed by atoms with Gasteiger partial charge in [0.1, 0.15) is 6.10 Å². The SMILES string of the molecule is CNC(=O)[C@]12C[C@@H]1[C@@H](n1cnc3c(NCc4cccc(Cl)c4)nc(C#CCCC(=O)NCCNC(=O)CCCCCNC(=O)CCCC[C@H]4SC[C@H]5NC(=O)N[C@H]54)nc31)[C@H](O)[C@@H]2O. The van der Waals surface area contributed by atoms with E-state index >= 15 is 0 Å². The molecule has 2 saturated carbocycles. The van der Waals surface area contributed by atoms with Crippen LogP contribution < -0.4 is 37.2 Å². The quantitative estimate of drug-likeness (QED) is 0.0423. The van der Waals surface area contributed by atoms with Crippen LogP contribution in [0.1, 0.15) is 88.1 Å². The van der Waals surface area contributed by atoms with E-state index in [4.69, 9.17) is 11.6 Å². The van der Waals surface area contributed by atoms with Crippen LogP contribution in [0.5, 0.6) is 0 Å². The van der Waals surface area contributed by atoms with Gasteiger partial charge in [0.15, 0.2) is 17.0 Å². The fraction of sp³-hybridized carbons (Fsp3) is 0.581. The maximum atomic E-state index is 12.8. The molecular weight excluding hydrogens is 850 g/mol. The molecule has 2 aliphatic carbocycles. The molecule has 1 aromatic carbocycles. The fourth-order valence-corrected chi connectivity index (χ4v) is 10.8. The van der Waals surface area contributed by atoms with Crippen LogP contribution in [0, 0.1) is 23.2 Å². The summed E-state index contributed by atoms with van der Waals surface area (Å²) in [4.78, 5) is 75.2. The van der Waals surface area contributed by atoms with Gasteiger partial charge in [-0.15, -0.1) is 0 Å². The molecule has 2 aromatic heterocycles. The number of urea groups is 1. The highest BCUT2D eigenvalue weighted by atomic mass is 35.5. The molecule has 0 spiro atoms. The Morgan fingerprint density at radius 3 is 2.48 bits per heavy atom. The molecule has 338 valence electrons. The average Bonchev–Trinajstić information content (AvgIpc) is 3.46. The zero-order valence-corrected chi connectivity index (χ0v) is 36.8. The van der Waals surface area contributed by atoms with Crippen molar-refractivity contribution < 1.29 is 34.2 Å². The number of nitrogens with one attached hydrogen (secondary N) is 7. The third kappa shape index (κ3) is 11.0. The van der Waals surface area contributed by atoms with Crippen molar-refractivity contribution in [2.75, 3.05) is 37.8 Å². The van der Waals surface area contributed by atoms with Crippen molar-refractivity contribution in [3.8, 4) is 11.8 Å². The Kier molecular flexibility index (Phi) is 15.3. The summed E-state index contributed by atoms with van der Waals surface area (Å²) < 4.78 is 1.68. The Hall–Kier alpha value is -5.16. The van der Waals surface area contributed by atoms with Gasteiger partial charge in [0.25, 0.3) is 0 Å². The molecule has 3 aromatic rings. The Labute approximate surface area is 375 Å². The van der Waals surface area contributed by atoms with E-state index in [1.165, 1.54) is 13.4 Å². The number of halogens is 1. The summed E-state index contributed by atoms with van der Waals surface area (Å²) in [5, 5.41) is 43.5. The number of hydrogen-bond donors (Lipinski definition) is 9. The first-order valence-electron chi connectivity index (χ1n) is 21.8. The first kappa shape index (κ1) is 45.9. The lowest BCUT2D eigenvalue weighted by atomic mass is 9.98. The number of carbonyl (C=O) groups is 5. The number of benzene rings is 1. The van der Waals surface area contributed by atoms with Crippen LogP contribution in [0.2, 0.25) is 5.02 Å². The zero-order chi connectivity index (χ0) is 44.5. The van der Waals surface area contributed by atoms with E-state index in [2.05, 4.69) is 64.0 Å².